The summed E-state index contributed by atoms with van der Waals surface area (Å²) in [4.78, 5) is 4.88. The average molecular weight is 390 g/mol. The molecule has 0 radical (unpaired) electrons. The van der Waals surface area contributed by atoms with Gasteiger partial charge in [0.15, 0.2) is 0 Å². The van der Waals surface area contributed by atoms with Crippen molar-refractivity contribution in [1.82, 2.24) is 9.62 Å². The summed E-state index contributed by atoms with van der Waals surface area (Å²) >= 11 is 0. The molecule has 0 amide bonds. The highest BCUT2D eigenvalue weighted by Gasteiger charge is 2.38. The molecule has 2 aliphatic rings. The lowest BCUT2D eigenvalue weighted by molar-refractivity contribution is 0.413. The number of ether oxygens (including phenoxy) is 1. The van der Waals surface area contributed by atoms with Gasteiger partial charge in [-0.2, -0.15) is 4.72 Å². The maximum absolute atomic E-state index is 10.5. The first-order valence-corrected chi connectivity index (χ1v) is 10.8. The molecule has 146 valence electrons. The zero-order valence-electron chi connectivity index (χ0n) is 15.8. The number of nitrogens with one attached hydrogen (secondary N) is 1. The van der Waals surface area contributed by atoms with Crippen LogP contribution in [-0.2, 0) is 6.42 Å². The monoisotopic (exact) mass is 389 g/mol. The molecule has 1 atom stereocenters. The van der Waals surface area contributed by atoms with Gasteiger partial charge < -0.3 is 14.5 Å². The van der Waals surface area contributed by atoms with Gasteiger partial charge in [-0.1, -0.05) is 12.1 Å². The lowest BCUT2D eigenvalue weighted by Gasteiger charge is -2.46. The lowest BCUT2D eigenvalue weighted by atomic mass is 10.1. The van der Waals surface area contributed by atoms with E-state index in [0.29, 0.717) is 10.6 Å². The van der Waals surface area contributed by atoms with E-state index in [-0.39, 0.29) is 6.17 Å². The van der Waals surface area contributed by atoms with Crippen LogP contribution in [0.2, 0.25) is 0 Å². The number of nitrogens with zero attached hydrogens (tertiary/aromatic N) is 2. The minimum atomic E-state index is -3.01. The Morgan fingerprint density at radius 1 is 1.15 bits per heavy atom. The third-order valence-corrected chi connectivity index (χ3v) is 6.65. The van der Waals surface area contributed by atoms with E-state index >= 15 is 0 Å². The van der Waals surface area contributed by atoms with Gasteiger partial charge in [0.1, 0.15) is 16.4 Å². The molecule has 1 unspecified atom stereocenters. The van der Waals surface area contributed by atoms with Crippen molar-refractivity contribution in [2.45, 2.75) is 30.3 Å². The molecule has 1 saturated heterocycles. The summed E-state index contributed by atoms with van der Waals surface area (Å²) in [7, 11) is 1.12. The van der Waals surface area contributed by atoms with Crippen LogP contribution in [-0.4, -0.2) is 47.4 Å². The molecule has 2 aliphatic heterocycles. The van der Waals surface area contributed by atoms with E-state index in [2.05, 4.69) is 40.7 Å². The molecule has 3 N–H and O–H groups in total. The fourth-order valence-electron chi connectivity index (χ4n) is 3.67. The second-order valence-electron chi connectivity index (χ2n) is 7.45. The van der Waals surface area contributed by atoms with Crippen LogP contribution < -0.4 is 14.4 Å². The standard InChI is InChI=1S/C20H27N3O3S/c1-22(2)13-11-15-5-7-16(8-6-15)26-17-9-10-18-19(14-17)27(24,25)21-20-4-3-12-23(18)20/h5-10,14,20-21,24-25H,3-4,11-13H2,1-2H3. The molecule has 27 heavy (non-hydrogen) atoms. The quantitative estimate of drug-likeness (QED) is 0.714. The largest absolute Gasteiger partial charge is 0.457 e. The van der Waals surface area contributed by atoms with Crippen molar-refractivity contribution < 1.29 is 13.8 Å². The van der Waals surface area contributed by atoms with E-state index in [0.717, 1.165) is 43.8 Å². The molecule has 2 heterocycles. The Balaban J connectivity index is 1.52. The zero-order valence-corrected chi connectivity index (χ0v) is 16.6. The first-order chi connectivity index (χ1) is 12.9. The van der Waals surface area contributed by atoms with Gasteiger partial charge in [-0.3, -0.25) is 9.11 Å². The molecule has 2 aromatic carbocycles. The summed E-state index contributed by atoms with van der Waals surface area (Å²) < 4.78 is 30.0. The zero-order chi connectivity index (χ0) is 19.0. The van der Waals surface area contributed by atoms with Crippen molar-refractivity contribution in [3.8, 4) is 11.5 Å². The highest BCUT2D eigenvalue weighted by Crippen LogP contribution is 2.55. The van der Waals surface area contributed by atoms with Gasteiger partial charge in [-0.25, -0.2) is 0 Å². The summed E-state index contributed by atoms with van der Waals surface area (Å²) in [6, 6.07) is 13.6. The molecular weight excluding hydrogens is 362 g/mol. The van der Waals surface area contributed by atoms with Crippen molar-refractivity contribution in [2.75, 3.05) is 32.1 Å². The Morgan fingerprint density at radius 3 is 2.63 bits per heavy atom. The van der Waals surface area contributed by atoms with E-state index in [9.17, 15) is 9.11 Å². The van der Waals surface area contributed by atoms with Crippen molar-refractivity contribution in [1.29, 1.82) is 0 Å². The highest BCUT2D eigenvalue weighted by atomic mass is 32.3. The Morgan fingerprint density at radius 2 is 1.89 bits per heavy atom. The van der Waals surface area contributed by atoms with E-state index in [1.165, 1.54) is 5.56 Å². The molecule has 7 heteroatoms. The Kier molecular flexibility index (Phi) is 5.05. The predicted molar refractivity (Wildman–Crippen MR) is 110 cm³/mol. The minimum absolute atomic E-state index is 0.00368. The second-order valence-corrected chi connectivity index (χ2v) is 9.22. The maximum atomic E-state index is 10.5. The van der Waals surface area contributed by atoms with Crippen LogP contribution in [0.25, 0.3) is 0 Å². The van der Waals surface area contributed by atoms with Crippen molar-refractivity contribution in [3.05, 3.63) is 48.0 Å². The molecule has 6 nitrogen and oxygen atoms in total. The second kappa shape index (κ2) is 7.33. The topological polar surface area (TPSA) is 68.2 Å². The van der Waals surface area contributed by atoms with E-state index in [4.69, 9.17) is 4.74 Å². The SMILES string of the molecule is CN(C)CCc1ccc(Oc2ccc3c(c2)S(O)(O)NC2CCCN32)cc1. The predicted octanol–water partition coefficient (Wildman–Crippen LogP) is 4.14. The number of anilines is 1. The van der Waals surface area contributed by atoms with Crippen molar-refractivity contribution in [2.24, 2.45) is 0 Å². The summed E-state index contributed by atoms with van der Waals surface area (Å²) in [5, 5.41) is 0. The van der Waals surface area contributed by atoms with E-state index in [1.54, 1.807) is 6.07 Å². The van der Waals surface area contributed by atoms with Crippen LogP contribution in [0.3, 0.4) is 0 Å². The van der Waals surface area contributed by atoms with Gasteiger partial charge in [0.25, 0.3) is 0 Å². The third kappa shape index (κ3) is 3.93. The number of hydrogen-bond acceptors (Lipinski definition) is 6. The van der Waals surface area contributed by atoms with Crippen molar-refractivity contribution >= 4 is 16.5 Å². The first-order valence-electron chi connectivity index (χ1n) is 9.30. The molecule has 0 bridgehead atoms. The fraction of sp³-hybridized carbons (Fsp3) is 0.400. The minimum Gasteiger partial charge on any atom is -0.457 e. The number of rotatable bonds is 5. The molecule has 0 spiro atoms. The summed E-state index contributed by atoms with van der Waals surface area (Å²) in [5.41, 5.74) is 2.16. The van der Waals surface area contributed by atoms with Gasteiger partial charge in [0, 0.05) is 19.2 Å². The number of hydrogen-bond donors (Lipinski definition) is 3. The lowest BCUT2D eigenvalue weighted by Crippen LogP contribution is -2.46. The molecule has 0 aromatic heterocycles. The van der Waals surface area contributed by atoms with Crippen LogP contribution in [0.1, 0.15) is 18.4 Å². The molecule has 4 rings (SSSR count). The maximum Gasteiger partial charge on any atom is 0.129 e. The van der Waals surface area contributed by atoms with Crippen LogP contribution in [0.4, 0.5) is 5.69 Å². The van der Waals surface area contributed by atoms with Crippen molar-refractivity contribution in [3.63, 3.8) is 0 Å². The number of fused-ring (bicyclic) bond motifs is 3. The average Bonchev–Trinajstić information content (AvgIpc) is 3.09. The summed E-state index contributed by atoms with van der Waals surface area (Å²) in [6.07, 6.45) is 2.97. The van der Waals surface area contributed by atoms with Gasteiger partial charge in [-0.05, 0) is 63.2 Å². The number of benzene rings is 2. The fourth-order valence-corrected chi connectivity index (χ4v) is 5.18. The smallest absolute Gasteiger partial charge is 0.129 e. The van der Waals surface area contributed by atoms with Gasteiger partial charge in [0.2, 0.25) is 0 Å². The van der Waals surface area contributed by atoms with Gasteiger partial charge >= 0.3 is 0 Å². The molecular formula is C20H27N3O3S. The van der Waals surface area contributed by atoms with E-state index < -0.39 is 10.8 Å². The third-order valence-electron chi connectivity index (χ3n) is 5.11. The molecule has 2 aromatic rings. The molecule has 0 saturated carbocycles. The Labute approximate surface area is 162 Å². The van der Waals surface area contributed by atoms with Gasteiger partial charge in [0.05, 0.1) is 11.9 Å². The number of likely N-dealkylation sites (N-methyl/N-ethyl adjacent to an activating group) is 1. The van der Waals surface area contributed by atoms with Crippen LogP contribution in [0, 0.1) is 0 Å². The Hall–Kier alpha value is -1.77. The summed E-state index contributed by atoms with van der Waals surface area (Å²) in [6.45, 7) is 1.93. The summed E-state index contributed by atoms with van der Waals surface area (Å²) in [5.74, 6) is 1.34. The van der Waals surface area contributed by atoms with Crippen LogP contribution in [0.15, 0.2) is 47.4 Å². The normalized spacial score (nSPS) is 21.7. The molecule has 1 fully saturated rings. The first kappa shape index (κ1) is 18.6. The highest BCUT2D eigenvalue weighted by molar-refractivity contribution is 8.22. The van der Waals surface area contributed by atoms with Gasteiger partial charge in [-0.15, -0.1) is 10.8 Å². The van der Waals surface area contributed by atoms with Crippen LogP contribution >= 0.6 is 10.8 Å². The Bertz CT molecular complexity index is 811. The molecule has 0 aliphatic carbocycles. The van der Waals surface area contributed by atoms with E-state index in [1.807, 2.05) is 24.3 Å². The van der Waals surface area contributed by atoms with Crippen LogP contribution in [0.5, 0.6) is 11.5 Å².